The van der Waals surface area contributed by atoms with Crippen molar-refractivity contribution in [2.75, 3.05) is 11.4 Å². The van der Waals surface area contributed by atoms with Crippen LogP contribution in [0, 0.1) is 11.8 Å². The topological polar surface area (TPSA) is 28.0 Å². The Bertz CT molecular complexity index is 1710. The van der Waals surface area contributed by atoms with Crippen LogP contribution in [0.4, 0.5) is 5.69 Å². The zero-order valence-electron chi connectivity index (χ0n) is 28.4. The molecule has 4 aliphatic rings. The van der Waals surface area contributed by atoms with Crippen molar-refractivity contribution in [1.82, 2.24) is 0 Å². The maximum Gasteiger partial charge on any atom is 0.138 e. The molecular weight excluding hydrogens is 571 g/mol. The van der Waals surface area contributed by atoms with Gasteiger partial charge in [0.05, 0.1) is 17.9 Å². The lowest BCUT2D eigenvalue weighted by atomic mass is 9.75. The van der Waals surface area contributed by atoms with Crippen molar-refractivity contribution in [2.24, 2.45) is 21.8 Å². The number of aliphatic imine (C=N–C) groups is 2. The molecule has 0 amide bonds. The van der Waals surface area contributed by atoms with Crippen molar-refractivity contribution >= 4 is 18.1 Å². The minimum atomic E-state index is 0.180. The minimum absolute atomic E-state index is 0.180. The number of nitrogens with zero attached hydrogens (tertiary/aromatic N) is 3. The quantitative estimate of drug-likeness (QED) is 0.116. The number of hydrogen-bond donors (Lipinski definition) is 0. The third-order valence-corrected chi connectivity index (χ3v) is 9.64. The van der Waals surface area contributed by atoms with Crippen LogP contribution in [-0.4, -0.2) is 19.0 Å². The molecule has 0 spiro atoms. The fourth-order valence-corrected chi connectivity index (χ4v) is 6.71. The van der Waals surface area contributed by atoms with Crippen LogP contribution in [-0.2, 0) is 0 Å². The summed E-state index contributed by atoms with van der Waals surface area (Å²) in [7, 11) is 0. The molecule has 0 aromatic heterocycles. The Labute approximate surface area is 283 Å². The lowest BCUT2D eigenvalue weighted by molar-refractivity contribution is 0.481. The van der Waals surface area contributed by atoms with Gasteiger partial charge in [-0.3, -0.25) is 9.89 Å². The Morgan fingerprint density at radius 2 is 1.94 bits per heavy atom. The van der Waals surface area contributed by atoms with E-state index in [2.05, 4.69) is 142 Å². The Morgan fingerprint density at radius 3 is 2.70 bits per heavy atom. The van der Waals surface area contributed by atoms with E-state index in [4.69, 9.17) is 9.98 Å². The summed E-state index contributed by atoms with van der Waals surface area (Å²) in [5, 5.41) is 0. The van der Waals surface area contributed by atoms with E-state index in [0.717, 1.165) is 35.6 Å². The highest BCUT2D eigenvalue weighted by Crippen LogP contribution is 2.54. The molecule has 3 heteroatoms. The average molecular weight is 620 g/mol. The maximum absolute atomic E-state index is 5.15. The van der Waals surface area contributed by atoms with Gasteiger partial charge in [0.15, 0.2) is 0 Å². The molecule has 0 saturated heterocycles. The predicted molar refractivity (Wildman–Crippen MR) is 205 cm³/mol. The summed E-state index contributed by atoms with van der Waals surface area (Å²) in [5.74, 6) is 2.17. The van der Waals surface area contributed by atoms with Crippen LogP contribution in [0.3, 0.4) is 0 Å². The van der Waals surface area contributed by atoms with E-state index in [1.165, 1.54) is 40.8 Å². The first-order valence-corrected chi connectivity index (χ1v) is 17.1. The van der Waals surface area contributed by atoms with E-state index in [1.54, 1.807) is 0 Å². The van der Waals surface area contributed by atoms with Crippen molar-refractivity contribution in [3.05, 3.63) is 174 Å². The summed E-state index contributed by atoms with van der Waals surface area (Å²) in [4.78, 5) is 12.2. The number of fused-ring (bicyclic) bond motifs is 5. The van der Waals surface area contributed by atoms with Crippen LogP contribution in [0.5, 0.6) is 0 Å². The third-order valence-electron chi connectivity index (χ3n) is 9.64. The van der Waals surface area contributed by atoms with Crippen LogP contribution in [0.1, 0.15) is 69.4 Å². The average Bonchev–Trinajstić information content (AvgIpc) is 3.22. The predicted octanol–water partition coefficient (Wildman–Crippen LogP) is 11.4. The van der Waals surface area contributed by atoms with Crippen LogP contribution >= 0.6 is 0 Å². The Hall–Kier alpha value is -4.76. The molecule has 0 bridgehead atoms. The largest absolute Gasteiger partial charge is 0.298 e. The number of benzene rings is 1. The summed E-state index contributed by atoms with van der Waals surface area (Å²) in [6.07, 6.45) is 40.6. The lowest BCUT2D eigenvalue weighted by Gasteiger charge is -2.31. The molecule has 3 aliphatic carbocycles. The SMILES string of the molecule is C=C/C(=C\C=C/C)C(/C=C(\N=C)N1C2=CC=C3C=CC=CC3C2c2ccc(C(C=C)CCC(C)CC)cc21)=NCC1=CCC=CC=C1. The van der Waals surface area contributed by atoms with E-state index in [0.29, 0.717) is 12.5 Å². The number of anilines is 1. The molecule has 240 valence electrons. The van der Waals surface area contributed by atoms with Crippen LogP contribution in [0.2, 0.25) is 0 Å². The second-order valence-electron chi connectivity index (χ2n) is 12.6. The number of rotatable bonds is 14. The van der Waals surface area contributed by atoms with Gasteiger partial charge in [0.1, 0.15) is 5.82 Å². The lowest BCUT2D eigenvalue weighted by Crippen LogP contribution is -2.24. The molecule has 3 nitrogen and oxygen atoms in total. The van der Waals surface area contributed by atoms with E-state index < -0.39 is 0 Å². The van der Waals surface area contributed by atoms with Gasteiger partial charge < -0.3 is 0 Å². The molecule has 0 radical (unpaired) electrons. The molecule has 47 heavy (non-hydrogen) atoms. The second kappa shape index (κ2) is 16.2. The summed E-state index contributed by atoms with van der Waals surface area (Å²) in [6, 6.07) is 7.03. The monoisotopic (exact) mass is 619 g/mol. The van der Waals surface area contributed by atoms with Gasteiger partial charge >= 0.3 is 0 Å². The second-order valence-corrected chi connectivity index (χ2v) is 12.6. The van der Waals surface area contributed by atoms with E-state index in [1.807, 2.05) is 25.2 Å². The maximum atomic E-state index is 5.15. The number of hydrogen-bond acceptors (Lipinski definition) is 3. The molecular formula is C44H49N3. The fraction of sp³-hybridized carbons (Fsp3) is 0.273. The fourth-order valence-electron chi connectivity index (χ4n) is 6.71. The van der Waals surface area contributed by atoms with Gasteiger partial charge in [0, 0.05) is 29.5 Å². The molecule has 1 aromatic carbocycles. The summed E-state index contributed by atoms with van der Waals surface area (Å²) < 4.78 is 0. The van der Waals surface area contributed by atoms with E-state index in [-0.39, 0.29) is 17.8 Å². The molecule has 0 N–H and O–H groups in total. The van der Waals surface area contributed by atoms with Crippen molar-refractivity contribution in [3.63, 3.8) is 0 Å². The van der Waals surface area contributed by atoms with Crippen molar-refractivity contribution in [3.8, 4) is 0 Å². The van der Waals surface area contributed by atoms with E-state index in [9.17, 15) is 0 Å². The molecule has 1 aliphatic heterocycles. The molecule has 0 fully saturated rings. The van der Waals surface area contributed by atoms with Gasteiger partial charge in [0.25, 0.3) is 0 Å². The number of allylic oxidation sites excluding steroid dienone is 19. The zero-order valence-corrected chi connectivity index (χ0v) is 28.4. The summed E-state index contributed by atoms with van der Waals surface area (Å²) in [6.45, 7) is 19.7. The van der Waals surface area contributed by atoms with Gasteiger partial charge in [0.2, 0.25) is 0 Å². The van der Waals surface area contributed by atoms with Crippen LogP contribution < -0.4 is 4.90 Å². The zero-order chi connectivity index (χ0) is 33.2. The Morgan fingerprint density at radius 1 is 1.09 bits per heavy atom. The molecule has 5 rings (SSSR count). The van der Waals surface area contributed by atoms with Crippen molar-refractivity contribution in [1.29, 1.82) is 0 Å². The van der Waals surface area contributed by atoms with Crippen LogP contribution in [0.25, 0.3) is 0 Å². The van der Waals surface area contributed by atoms with Gasteiger partial charge in [-0.2, -0.15) is 0 Å². The molecule has 1 heterocycles. The molecule has 4 atom stereocenters. The Balaban J connectivity index is 1.64. The summed E-state index contributed by atoms with van der Waals surface area (Å²) in [5.41, 5.74) is 9.22. The first-order valence-electron chi connectivity index (χ1n) is 17.1. The highest BCUT2D eigenvalue weighted by atomic mass is 15.3. The molecule has 4 unspecified atom stereocenters. The Kier molecular flexibility index (Phi) is 11.6. The standard InChI is InChI=1S/C44H49N3/c1-7-11-20-35(10-4)40(46-31-33-18-14-12-13-15-19-33)30-43(45-6)47-41-28-26-36-21-16-17-22-38(36)44(41)39-27-25-37(29-42(39)47)34(9-3)24-23-32(5)8-2/h7,9-14,16-22,25-30,32,34,38,44H,3-4,6,8,15,23-24,31H2,1-2,5H3/b11-7-,35-20+,43-30+,46-40?. The summed E-state index contributed by atoms with van der Waals surface area (Å²) >= 11 is 0. The van der Waals surface area contributed by atoms with Gasteiger partial charge in [-0.1, -0.05) is 130 Å². The van der Waals surface area contributed by atoms with Crippen molar-refractivity contribution in [2.45, 2.75) is 58.3 Å². The normalized spacial score (nSPS) is 21.7. The molecule has 0 saturated carbocycles. The van der Waals surface area contributed by atoms with Gasteiger partial charge in [-0.15, -0.1) is 6.58 Å². The molecule has 1 aromatic rings. The third kappa shape index (κ3) is 7.63. The van der Waals surface area contributed by atoms with Crippen LogP contribution in [0.15, 0.2) is 173 Å². The van der Waals surface area contributed by atoms with E-state index >= 15 is 0 Å². The first-order chi connectivity index (χ1) is 23.0. The van der Waals surface area contributed by atoms with Gasteiger partial charge in [-0.25, -0.2) is 4.99 Å². The first kappa shape index (κ1) is 33.6. The highest BCUT2D eigenvalue weighted by molar-refractivity contribution is 6.11. The smallest absolute Gasteiger partial charge is 0.138 e. The van der Waals surface area contributed by atoms with Crippen molar-refractivity contribution < 1.29 is 0 Å². The minimum Gasteiger partial charge on any atom is -0.298 e. The van der Waals surface area contributed by atoms with Gasteiger partial charge in [-0.05, 0) is 78.8 Å². The highest BCUT2D eigenvalue weighted by Gasteiger charge is 2.42.